The van der Waals surface area contributed by atoms with Gasteiger partial charge in [-0.2, -0.15) is 5.26 Å². The number of hydrogen-bond acceptors (Lipinski definition) is 5. The van der Waals surface area contributed by atoms with E-state index in [-0.39, 0.29) is 17.3 Å². The molecule has 6 heteroatoms. The highest BCUT2D eigenvalue weighted by Crippen LogP contribution is 2.18. The largest absolute Gasteiger partial charge is 0.443 e. The lowest BCUT2D eigenvalue weighted by atomic mass is 10.2. The van der Waals surface area contributed by atoms with E-state index in [9.17, 15) is 4.79 Å². The van der Waals surface area contributed by atoms with Crippen LogP contribution in [0.15, 0.2) is 47.2 Å². The number of nitrogens with one attached hydrogen (secondary N) is 1. The van der Waals surface area contributed by atoms with Crippen molar-refractivity contribution in [3.05, 3.63) is 54.2 Å². The van der Waals surface area contributed by atoms with Crippen LogP contribution in [0.3, 0.4) is 0 Å². The number of anilines is 1. The number of pyridine rings is 1. The third-order valence-corrected chi connectivity index (χ3v) is 2.69. The van der Waals surface area contributed by atoms with E-state index < -0.39 is 0 Å². The van der Waals surface area contributed by atoms with Crippen molar-refractivity contribution in [2.45, 2.75) is 0 Å². The molecule has 3 aromatic rings. The average Bonchev–Trinajstić information content (AvgIpc) is 2.95. The van der Waals surface area contributed by atoms with E-state index in [0.29, 0.717) is 16.8 Å². The van der Waals surface area contributed by atoms with Gasteiger partial charge in [-0.05, 0) is 24.3 Å². The number of carbonyl (C=O) groups excluding carboxylic acids is 1. The second-order valence-corrected chi connectivity index (χ2v) is 4.01. The molecule has 0 saturated heterocycles. The molecule has 0 spiro atoms. The topological polar surface area (TPSA) is 91.8 Å². The Bertz CT molecular complexity index is 832. The molecule has 6 nitrogen and oxygen atoms in total. The zero-order valence-corrected chi connectivity index (χ0v) is 10.2. The molecule has 0 bridgehead atoms. The van der Waals surface area contributed by atoms with Crippen LogP contribution in [0, 0.1) is 11.3 Å². The van der Waals surface area contributed by atoms with Gasteiger partial charge >= 0.3 is 0 Å². The molecule has 20 heavy (non-hydrogen) atoms. The maximum Gasteiger partial charge on any atom is 0.274 e. The predicted octanol–water partition coefficient (Wildman–Crippen LogP) is 2.35. The molecule has 0 atom stereocenters. The summed E-state index contributed by atoms with van der Waals surface area (Å²) in [6.45, 7) is 0. The van der Waals surface area contributed by atoms with Crippen molar-refractivity contribution in [2.24, 2.45) is 0 Å². The van der Waals surface area contributed by atoms with Gasteiger partial charge in [0.2, 0.25) is 0 Å². The Morgan fingerprint density at radius 3 is 3.05 bits per heavy atom. The van der Waals surface area contributed by atoms with Crippen molar-refractivity contribution in [2.75, 3.05) is 5.32 Å². The molecule has 0 fully saturated rings. The average molecular weight is 264 g/mol. The molecular formula is C14H8N4O2. The molecule has 0 unspecified atom stereocenters. The first-order valence-corrected chi connectivity index (χ1v) is 5.78. The Balaban J connectivity index is 1.86. The van der Waals surface area contributed by atoms with Crippen LogP contribution in [-0.2, 0) is 0 Å². The van der Waals surface area contributed by atoms with E-state index in [1.165, 1.54) is 12.5 Å². The van der Waals surface area contributed by atoms with Crippen LogP contribution in [0.25, 0.3) is 11.1 Å². The smallest absolute Gasteiger partial charge is 0.274 e. The minimum absolute atomic E-state index is 0.182. The zero-order chi connectivity index (χ0) is 13.9. The van der Waals surface area contributed by atoms with Gasteiger partial charge in [0.05, 0.1) is 0 Å². The van der Waals surface area contributed by atoms with Crippen LogP contribution in [0.5, 0.6) is 0 Å². The first-order chi connectivity index (χ1) is 9.76. The number of benzene rings is 1. The standard InChI is InChI=1S/C14H8N4O2/c15-7-10-2-1-3-12(17-10)14(19)18-9-4-5-11-13(6-9)20-8-16-11/h1-6,8H,(H,18,19). The first-order valence-electron chi connectivity index (χ1n) is 5.78. The fraction of sp³-hybridized carbons (Fsp3) is 0. The molecule has 0 aliphatic rings. The third kappa shape index (κ3) is 2.20. The minimum atomic E-state index is -0.388. The second kappa shape index (κ2) is 4.82. The molecular weight excluding hydrogens is 256 g/mol. The molecule has 2 heterocycles. The van der Waals surface area contributed by atoms with Gasteiger partial charge in [-0.25, -0.2) is 9.97 Å². The van der Waals surface area contributed by atoms with Gasteiger partial charge in [0.25, 0.3) is 5.91 Å². The molecule has 1 amide bonds. The van der Waals surface area contributed by atoms with Crippen molar-refractivity contribution in [3.63, 3.8) is 0 Å². The van der Waals surface area contributed by atoms with Gasteiger partial charge in [-0.1, -0.05) is 6.07 Å². The predicted molar refractivity (Wildman–Crippen MR) is 70.9 cm³/mol. The summed E-state index contributed by atoms with van der Waals surface area (Å²) in [5.74, 6) is -0.388. The summed E-state index contributed by atoms with van der Waals surface area (Å²) < 4.78 is 5.16. The highest BCUT2D eigenvalue weighted by molar-refractivity contribution is 6.03. The monoisotopic (exact) mass is 264 g/mol. The van der Waals surface area contributed by atoms with Gasteiger partial charge in [-0.3, -0.25) is 4.79 Å². The van der Waals surface area contributed by atoms with Crippen molar-refractivity contribution in [3.8, 4) is 6.07 Å². The lowest BCUT2D eigenvalue weighted by Gasteiger charge is -2.04. The summed E-state index contributed by atoms with van der Waals surface area (Å²) in [6, 6.07) is 11.7. The summed E-state index contributed by atoms with van der Waals surface area (Å²) in [5, 5.41) is 11.5. The number of hydrogen-bond donors (Lipinski definition) is 1. The maximum absolute atomic E-state index is 12.0. The van der Waals surface area contributed by atoms with E-state index in [1.807, 2.05) is 6.07 Å². The van der Waals surface area contributed by atoms with E-state index in [4.69, 9.17) is 9.68 Å². The number of oxazole rings is 1. The maximum atomic E-state index is 12.0. The van der Waals surface area contributed by atoms with Crippen molar-refractivity contribution in [1.29, 1.82) is 5.26 Å². The minimum Gasteiger partial charge on any atom is -0.443 e. The van der Waals surface area contributed by atoms with Crippen molar-refractivity contribution < 1.29 is 9.21 Å². The fourth-order valence-electron chi connectivity index (χ4n) is 1.75. The van der Waals surface area contributed by atoms with Crippen LogP contribution in [-0.4, -0.2) is 15.9 Å². The van der Waals surface area contributed by atoms with Gasteiger partial charge in [0.1, 0.15) is 23.0 Å². The molecule has 0 aliphatic heterocycles. The Morgan fingerprint density at radius 2 is 2.20 bits per heavy atom. The van der Waals surface area contributed by atoms with Crippen molar-refractivity contribution >= 4 is 22.7 Å². The number of rotatable bonds is 2. The fourth-order valence-corrected chi connectivity index (χ4v) is 1.75. The summed E-state index contributed by atoms with van der Waals surface area (Å²) in [6.07, 6.45) is 1.34. The van der Waals surface area contributed by atoms with E-state index in [1.54, 1.807) is 30.3 Å². The number of aromatic nitrogens is 2. The number of carbonyl (C=O) groups is 1. The molecule has 0 saturated carbocycles. The van der Waals surface area contributed by atoms with E-state index in [2.05, 4.69) is 15.3 Å². The third-order valence-electron chi connectivity index (χ3n) is 2.69. The number of nitriles is 1. The van der Waals surface area contributed by atoms with Crippen LogP contribution in [0.2, 0.25) is 0 Å². The molecule has 96 valence electrons. The highest BCUT2D eigenvalue weighted by Gasteiger charge is 2.09. The number of fused-ring (bicyclic) bond motifs is 1. The summed E-state index contributed by atoms with van der Waals surface area (Å²) >= 11 is 0. The molecule has 0 radical (unpaired) electrons. The zero-order valence-electron chi connectivity index (χ0n) is 10.2. The van der Waals surface area contributed by atoms with E-state index in [0.717, 1.165) is 0 Å². The van der Waals surface area contributed by atoms with Crippen LogP contribution in [0.1, 0.15) is 16.2 Å². The Morgan fingerprint density at radius 1 is 1.30 bits per heavy atom. The summed E-state index contributed by atoms with van der Waals surface area (Å²) in [7, 11) is 0. The van der Waals surface area contributed by atoms with Gasteiger partial charge in [-0.15, -0.1) is 0 Å². The lowest BCUT2D eigenvalue weighted by Crippen LogP contribution is -2.13. The van der Waals surface area contributed by atoms with Gasteiger partial charge in [0, 0.05) is 11.8 Å². The van der Waals surface area contributed by atoms with Crippen LogP contribution in [0.4, 0.5) is 5.69 Å². The normalized spacial score (nSPS) is 10.2. The highest BCUT2D eigenvalue weighted by atomic mass is 16.3. The Hall–Kier alpha value is -3.20. The van der Waals surface area contributed by atoms with Gasteiger partial charge < -0.3 is 9.73 Å². The molecule has 1 N–H and O–H groups in total. The first kappa shape index (κ1) is 11.9. The van der Waals surface area contributed by atoms with Crippen LogP contribution >= 0.6 is 0 Å². The SMILES string of the molecule is N#Cc1cccc(C(=O)Nc2ccc3ncoc3c2)n1. The molecule has 1 aromatic carbocycles. The van der Waals surface area contributed by atoms with Crippen molar-refractivity contribution in [1.82, 2.24) is 9.97 Å². The summed E-state index contributed by atoms with van der Waals surface area (Å²) in [5.41, 5.74) is 2.25. The second-order valence-electron chi connectivity index (χ2n) is 4.01. The quantitative estimate of drug-likeness (QED) is 0.767. The number of nitrogens with zero attached hydrogens (tertiary/aromatic N) is 3. The number of amides is 1. The van der Waals surface area contributed by atoms with Gasteiger partial charge in [0.15, 0.2) is 12.0 Å². The Labute approximate surface area is 113 Å². The Kier molecular flexibility index (Phi) is 2.86. The molecule has 3 rings (SSSR count). The van der Waals surface area contributed by atoms with Crippen LogP contribution < -0.4 is 5.32 Å². The molecule has 0 aliphatic carbocycles. The lowest BCUT2D eigenvalue weighted by molar-refractivity contribution is 0.102. The van der Waals surface area contributed by atoms with E-state index >= 15 is 0 Å². The molecule has 2 aromatic heterocycles. The summed E-state index contributed by atoms with van der Waals surface area (Å²) in [4.78, 5) is 20.0.